The molecule has 0 radical (unpaired) electrons. The van der Waals surface area contributed by atoms with Crippen molar-refractivity contribution in [1.29, 1.82) is 0 Å². The molecule has 0 spiro atoms. The van der Waals surface area contributed by atoms with Crippen LogP contribution >= 0.6 is 11.6 Å². The lowest BCUT2D eigenvalue weighted by Crippen LogP contribution is -2.21. The summed E-state index contributed by atoms with van der Waals surface area (Å²) in [4.78, 5) is 0. The Kier molecular flexibility index (Phi) is 4.30. The molecule has 1 atom stereocenters. The molecule has 0 aliphatic heterocycles. The molecule has 0 aromatic heterocycles. The van der Waals surface area contributed by atoms with Crippen LogP contribution in [0.3, 0.4) is 0 Å². The number of likely N-dealkylation sites (N-methyl/N-ethyl adjacent to an activating group) is 1. The molecule has 1 aromatic carbocycles. The Morgan fingerprint density at radius 2 is 2.27 bits per heavy atom. The highest BCUT2D eigenvalue weighted by atomic mass is 35.5. The van der Waals surface area contributed by atoms with Gasteiger partial charge in [-0.05, 0) is 31.2 Å². The zero-order valence-electron chi connectivity index (χ0n) is 8.98. The van der Waals surface area contributed by atoms with Crippen LogP contribution in [0.4, 0.5) is 4.39 Å². The molecule has 0 saturated heterocycles. The van der Waals surface area contributed by atoms with Crippen molar-refractivity contribution in [3.05, 3.63) is 46.8 Å². The molecule has 1 nitrogen and oxygen atoms in total. The Labute approximate surface area is 95.0 Å². The maximum absolute atomic E-state index is 13.0. The largest absolute Gasteiger partial charge is 0.307 e. The van der Waals surface area contributed by atoms with Gasteiger partial charge in [0, 0.05) is 0 Å². The Balaban J connectivity index is 3.01. The maximum Gasteiger partial charge on any atom is 0.141 e. The molecule has 0 heterocycles. The molecular weight excluding hydrogens is 213 g/mol. The number of hydrogen-bond donors (Lipinski definition) is 1. The molecule has 0 bridgehead atoms. The summed E-state index contributed by atoms with van der Waals surface area (Å²) in [5.74, 6) is -0.391. The first-order valence-corrected chi connectivity index (χ1v) is 5.27. The fourth-order valence-electron chi connectivity index (χ4n) is 1.47. The summed E-state index contributed by atoms with van der Waals surface area (Å²) in [6, 6.07) is 4.78. The van der Waals surface area contributed by atoms with Gasteiger partial charge < -0.3 is 5.32 Å². The van der Waals surface area contributed by atoms with Gasteiger partial charge in [0.05, 0.1) is 11.1 Å². The van der Waals surface area contributed by atoms with Crippen molar-refractivity contribution in [2.24, 2.45) is 0 Å². The second-order valence-electron chi connectivity index (χ2n) is 3.51. The third-order valence-corrected chi connectivity index (χ3v) is 2.47. The van der Waals surface area contributed by atoms with Gasteiger partial charge in [-0.2, -0.15) is 0 Å². The molecule has 1 unspecified atom stereocenters. The zero-order valence-corrected chi connectivity index (χ0v) is 9.74. The second-order valence-corrected chi connectivity index (χ2v) is 3.92. The summed E-state index contributed by atoms with van der Waals surface area (Å²) in [5, 5.41) is 3.41. The molecule has 1 N–H and O–H groups in total. The van der Waals surface area contributed by atoms with Gasteiger partial charge in [-0.1, -0.05) is 36.7 Å². The first-order valence-electron chi connectivity index (χ1n) is 4.90. The van der Waals surface area contributed by atoms with Crippen LogP contribution in [0.15, 0.2) is 30.4 Å². The van der Waals surface area contributed by atoms with E-state index in [1.54, 1.807) is 12.1 Å². The van der Waals surface area contributed by atoms with E-state index in [2.05, 4.69) is 11.9 Å². The molecule has 0 fully saturated rings. The smallest absolute Gasteiger partial charge is 0.141 e. The number of nitrogens with one attached hydrogen (secondary N) is 1. The van der Waals surface area contributed by atoms with E-state index in [0.29, 0.717) is 0 Å². The molecule has 1 rings (SSSR count). The quantitative estimate of drug-likeness (QED) is 0.774. The lowest BCUT2D eigenvalue weighted by Gasteiger charge is -2.18. The zero-order chi connectivity index (χ0) is 11.4. The molecule has 15 heavy (non-hydrogen) atoms. The summed E-state index contributed by atoms with van der Waals surface area (Å²) in [5.41, 5.74) is 1.93. The topological polar surface area (TPSA) is 12.0 Å². The third kappa shape index (κ3) is 3.05. The predicted molar refractivity (Wildman–Crippen MR) is 62.6 cm³/mol. The van der Waals surface area contributed by atoms with Crippen molar-refractivity contribution in [2.75, 3.05) is 6.54 Å². The highest BCUT2D eigenvalue weighted by molar-refractivity contribution is 6.30. The van der Waals surface area contributed by atoms with Crippen LogP contribution in [0.5, 0.6) is 0 Å². The normalized spacial score (nSPS) is 12.5. The van der Waals surface area contributed by atoms with Crippen molar-refractivity contribution in [3.63, 3.8) is 0 Å². The van der Waals surface area contributed by atoms with Crippen LogP contribution in [-0.2, 0) is 0 Å². The van der Waals surface area contributed by atoms with Crippen molar-refractivity contribution in [3.8, 4) is 0 Å². The van der Waals surface area contributed by atoms with Gasteiger partial charge in [-0.3, -0.25) is 0 Å². The van der Waals surface area contributed by atoms with E-state index >= 15 is 0 Å². The molecule has 0 amide bonds. The van der Waals surface area contributed by atoms with Gasteiger partial charge in [-0.25, -0.2) is 4.39 Å². The molecular formula is C12H15ClFN. The van der Waals surface area contributed by atoms with E-state index < -0.39 is 5.82 Å². The monoisotopic (exact) mass is 227 g/mol. The minimum Gasteiger partial charge on any atom is -0.307 e. The predicted octanol–water partition coefficient (Wildman–Crippen LogP) is 3.71. The van der Waals surface area contributed by atoms with Gasteiger partial charge in [0.2, 0.25) is 0 Å². The number of hydrogen-bond acceptors (Lipinski definition) is 1. The number of rotatable bonds is 4. The van der Waals surface area contributed by atoms with Gasteiger partial charge in [0.15, 0.2) is 0 Å². The lowest BCUT2D eigenvalue weighted by molar-refractivity contribution is 0.609. The Morgan fingerprint density at radius 3 is 2.73 bits per heavy atom. The van der Waals surface area contributed by atoms with E-state index in [-0.39, 0.29) is 11.1 Å². The Bertz CT molecular complexity index is 363. The molecule has 0 aliphatic carbocycles. The van der Waals surface area contributed by atoms with Crippen molar-refractivity contribution in [2.45, 2.75) is 19.9 Å². The van der Waals surface area contributed by atoms with E-state index in [9.17, 15) is 4.39 Å². The van der Waals surface area contributed by atoms with Crippen LogP contribution in [0.1, 0.15) is 25.5 Å². The minimum absolute atomic E-state index is 0.0353. The fraction of sp³-hybridized carbons (Fsp3) is 0.333. The minimum atomic E-state index is -0.391. The van der Waals surface area contributed by atoms with E-state index in [1.165, 1.54) is 6.07 Å². The summed E-state index contributed by atoms with van der Waals surface area (Å²) in [7, 11) is 0. The Hall–Kier alpha value is -0.860. The first-order chi connectivity index (χ1) is 7.06. The van der Waals surface area contributed by atoms with Crippen LogP contribution in [-0.4, -0.2) is 6.54 Å². The molecule has 0 aliphatic rings. The SMILES string of the molecule is C=C(C)C(NCC)c1ccc(F)c(Cl)c1. The van der Waals surface area contributed by atoms with Gasteiger partial charge in [0.25, 0.3) is 0 Å². The fourth-order valence-corrected chi connectivity index (χ4v) is 1.66. The molecule has 3 heteroatoms. The van der Waals surface area contributed by atoms with E-state index in [1.807, 2.05) is 13.8 Å². The summed E-state index contributed by atoms with van der Waals surface area (Å²) in [6.45, 7) is 8.68. The average molecular weight is 228 g/mol. The average Bonchev–Trinajstić information content (AvgIpc) is 2.18. The summed E-state index contributed by atoms with van der Waals surface area (Å²) in [6.07, 6.45) is 0. The third-order valence-electron chi connectivity index (χ3n) is 2.18. The molecule has 1 aromatic rings. The van der Waals surface area contributed by atoms with Crippen LogP contribution < -0.4 is 5.32 Å². The summed E-state index contributed by atoms with van der Waals surface area (Å²) < 4.78 is 13.0. The van der Waals surface area contributed by atoms with E-state index in [4.69, 9.17) is 11.6 Å². The maximum atomic E-state index is 13.0. The highest BCUT2D eigenvalue weighted by Crippen LogP contribution is 2.24. The summed E-state index contributed by atoms with van der Waals surface area (Å²) >= 11 is 5.73. The van der Waals surface area contributed by atoms with Gasteiger partial charge in [-0.15, -0.1) is 0 Å². The van der Waals surface area contributed by atoms with Crippen molar-refractivity contribution in [1.82, 2.24) is 5.32 Å². The van der Waals surface area contributed by atoms with Crippen molar-refractivity contribution < 1.29 is 4.39 Å². The first kappa shape index (κ1) is 12.2. The van der Waals surface area contributed by atoms with Crippen molar-refractivity contribution >= 4 is 11.6 Å². The number of halogens is 2. The lowest BCUT2D eigenvalue weighted by atomic mass is 10.0. The highest BCUT2D eigenvalue weighted by Gasteiger charge is 2.12. The van der Waals surface area contributed by atoms with E-state index in [0.717, 1.165) is 17.7 Å². The second kappa shape index (κ2) is 5.29. The molecule has 0 saturated carbocycles. The molecule has 82 valence electrons. The van der Waals surface area contributed by atoms with Gasteiger partial charge in [0.1, 0.15) is 5.82 Å². The van der Waals surface area contributed by atoms with Crippen LogP contribution in [0.2, 0.25) is 5.02 Å². The van der Waals surface area contributed by atoms with Crippen LogP contribution in [0, 0.1) is 5.82 Å². The van der Waals surface area contributed by atoms with Gasteiger partial charge >= 0.3 is 0 Å². The van der Waals surface area contributed by atoms with Crippen LogP contribution in [0.25, 0.3) is 0 Å². The number of benzene rings is 1. The Morgan fingerprint density at radius 1 is 1.60 bits per heavy atom. The standard InChI is InChI=1S/C12H15ClFN/c1-4-15-12(8(2)3)9-5-6-11(14)10(13)7-9/h5-7,12,15H,2,4H2,1,3H3.